The van der Waals surface area contributed by atoms with Crippen LogP contribution in [0.15, 0.2) is 95.4 Å². The molecular formula is C26H20N3O4S-. The molecule has 4 aromatic rings. The summed E-state index contributed by atoms with van der Waals surface area (Å²) in [4.78, 5) is 41.4. The summed E-state index contributed by atoms with van der Waals surface area (Å²) in [7, 11) is 0. The second kappa shape index (κ2) is 10.2. The molecule has 7 nitrogen and oxygen atoms in total. The van der Waals surface area contributed by atoms with Gasteiger partial charge in [-0.15, -0.1) is 6.58 Å². The number of thioether (sulfide) groups is 1. The van der Waals surface area contributed by atoms with Crippen molar-refractivity contribution in [2.75, 3.05) is 11.1 Å². The molecule has 0 saturated heterocycles. The van der Waals surface area contributed by atoms with Gasteiger partial charge in [0.1, 0.15) is 0 Å². The molecule has 0 unspecified atom stereocenters. The zero-order valence-electron chi connectivity index (χ0n) is 18.1. The average Bonchev–Trinajstić information content (AvgIpc) is 2.85. The van der Waals surface area contributed by atoms with Gasteiger partial charge in [0.05, 0.1) is 22.6 Å². The minimum Gasteiger partial charge on any atom is -0.545 e. The number of hydrogen-bond donors (Lipinski definition) is 1. The standard InChI is InChI=1S/C26H21N3O4S/c1-2-14-29-24(31)20-13-12-18(25(32)33)15-22(20)28-26(29)34-16-23(30)27-21-11-7-6-10-19(21)17-8-4-3-5-9-17/h2-13,15H,1,14,16H2,(H,27,30)(H,32,33)/p-1. The summed E-state index contributed by atoms with van der Waals surface area (Å²) in [5, 5.41) is 14.7. The van der Waals surface area contributed by atoms with Crippen LogP contribution in [0.4, 0.5) is 5.69 Å². The van der Waals surface area contributed by atoms with Crippen molar-refractivity contribution in [2.45, 2.75) is 11.7 Å². The second-order valence-corrected chi connectivity index (χ2v) is 8.31. The lowest BCUT2D eigenvalue weighted by atomic mass is 10.0. The van der Waals surface area contributed by atoms with Crippen LogP contribution in [0.25, 0.3) is 22.0 Å². The first-order valence-corrected chi connectivity index (χ1v) is 11.4. The highest BCUT2D eigenvalue weighted by molar-refractivity contribution is 7.99. The number of aromatic carboxylic acids is 1. The molecule has 0 aliphatic heterocycles. The number of rotatable bonds is 8. The summed E-state index contributed by atoms with van der Waals surface area (Å²) in [6, 6.07) is 21.2. The molecule has 8 heteroatoms. The van der Waals surface area contributed by atoms with Gasteiger partial charge < -0.3 is 15.2 Å². The molecule has 170 valence electrons. The van der Waals surface area contributed by atoms with E-state index < -0.39 is 5.97 Å². The fourth-order valence-electron chi connectivity index (χ4n) is 3.51. The second-order valence-electron chi connectivity index (χ2n) is 7.37. The number of carbonyl (C=O) groups excluding carboxylic acids is 2. The maximum absolute atomic E-state index is 13.0. The largest absolute Gasteiger partial charge is 0.545 e. The van der Waals surface area contributed by atoms with Gasteiger partial charge in [0.15, 0.2) is 5.16 Å². The quantitative estimate of drug-likeness (QED) is 0.241. The molecule has 0 fully saturated rings. The number of amides is 1. The monoisotopic (exact) mass is 470 g/mol. The van der Waals surface area contributed by atoms with Gasteiger partial charge in [-0.2, -0.15) is 0 Å². The van der Waals surface area contributed by atoms with Crippen molar-refractivity contribution in [1.29, 1.82) is 0 Å². The van der Waals surface area contributed by atoms with Crippen LogP contribution in [0.3, 0.4) is 0 Å². The Morgan fingerprint density at radius 1 is 1.06 bits per heavy atom. The highest BCUT2D eigenvalue weighted by Crippen LogP contribution is 2.28. The van der Waals surface area contributed by atoms with Crippen LogP contribution >= 0.6 is 11.8 Å². The summed E-state index contributed by atoms with van der Waals surface area (Å²) < 4.78 is 1.41. The zero-order chi connectivity index (χ0) is 24.1. The molecule has 1 amide bonds. The summed E-state index contributed by atoms with van der Waals surface area (Å²) in [6.45, 7) is 3.88. The number of allylic oxidation sites excluding steroid dienone is 1. The molecule has 0 aliphatic rings. The highest BCUT2D eigenvalue weighted by atomic mass is 32.2. The SMILES string of the molecule is C=CCn1c(SCC(=O)Nc2ccccc2-c2ccccc2)nc2cc(C(=O)[O-])ccc2c1=O. The zero-order valence-corrected chi connectivity index (χ0v) is 18.9. The first kappa shape index (κ1) is 23.0. The Balaban J connectivity index is 1.59. The lowest BCUT2D eigenvalue weighted by Gasteiger charge is -2.13. The van der Waals surface area contributed by atoms with Crippen LogP contribution in [-0.4, -0.2) is 27.2 Å². The van der Waals surface area contributed by atoms with Gasteiger partial charge in [0, 0.05) is 17.8 Å². The number of hydrogen-bond acceptors (Lipinski definition) is 6. The molecule has 3 aromatic carbocycles. The lowest BCUT2D eigenvalue weighted by molar-refractivity contribution is -0.255. The predicted octanol–water partition coefficient (Wildman–Crippen LogP) is 3.34. The van der Waals surface area contributed by atoms with Crippen molar-refractivity contribution in [3.8, 4) is 11.1 Å². The molecule has 4 rings (SSSR count). The maximum Gasteiger partial charge on any atom is 0.262 e. The van der Waals surface area contributed by atoms with E-state index in [1.54, 1.807) is 6.08 Å². The van der Waals surface area contributed by atoms with E-state index in [2.05, 4.69) is 16.9 Å². The van der Waals surface area contributed by atoms with E-state index in [4.69, 9.17) is 0 Å². The Bertz CT molecular complexity index is 1450. The van der Waals surface area contributed by atoms with Gasteiger partial charge >= 0.3 is 0 Å². The van der Waals surface area contributed by atoms with Crippen molar-refractivity contribution in [3.05, 3.63) is 101 Å². The van der Waals surface area contributed by atoms with E-state index in [1.165, 1.54) is 22.8 Å². The van der Waals surface area contributed by atoms with E-state index >= 15 is 0 Å². The Morgan fingerprint density at radius 3 is 2.53 bits per heavy atom. The third kappa shape index (κ3) is 4.92. The number of fused-ring (bicyclic) bond motifs is 1. The van der Waals surface area contributed by atoms with Crippen LogP contribution in [0.5, 0.6) is 0 Å². The lowest BCUT2D eigenvalue weighted by Crippen LogP contribution is -2.25. The van der Waals surface area contributed by atoms with Crippen LogP contribution in [0.2, 0.25) is 0 Å². The van der Waals surface area contributed by atoms with E-state index in [1.807, 2.05) is 54.6 Å². The van der Waals surface area contributed by atoms with E-state index in [9.17, 15) is 19.5 Å². The maximum atomic E-state index is 13.0. The van der Waals surface area contributed by atoms with E-state index in [0.29, 0.717) is 10.8 Å². The van der Waals surface area contributed by atoms with Gasteiger partial charge in [0.2, 0.25) is 5.91 Å². The van der Waals surface area contributed by atoms with Gasteiger partial charge in [-0.25, -0.2) is 4.98 Å². The highest BCUT2D eigenvalue weighted by Gasteiger charge is 2.14. The Morgan fingerprint density at radius 2 is 1.79 bits per heavy atom. The Kier molecular flexibility index (Phi) is 6.89. The van der Waals surface area contributed by atoms with Crippen LogP contribution in [0.1, 0.15) is 10.4 Å². The number of carboxylic acid groups (broad SMARTS) is 1. The van der Waals surface area contributed by atoms with E-state index in [-0.39, 0.29) is 40.2 Å². The fraction of sp³-hybridized carbons (Fsp3) is 0.0769. The van der Waals surface area contributed by atoms with Gasteiger partial charge in [-0.1, -0.05) is 72.4 Å². The molecule has 0 aliphatic carbocycles. The molecule has 0 atom stereocenters. The summed E-state index contributed by atoms with van der Waals surface area (Å²) in [5.41, 5.74) is 2.35. The molecule has 1 heterocycles. The van der Waals surface area contributed by atoms with Crippen molar-refractivity contribution in [2.24, 2.45) is 0 Å². The van der Waals surface area contributed by atoms with Crippen molar-refractivity contribution < 1.29 is 14.7 Å². The number of carboxylic acids is 1. The van der Waals surface area contributed by atoms with Crippen molar-refractivity contribution in [1.82, 2.24) is 9.55 Å². The number of nitrogens with one attached hydrogen (secondary N) is 1. The molecule has 34 heavy (non-hydrogen) atoms. The number of nitrogens with zero attached hydrogens (tertiary/aromatic N) is 2. The smallest absolute Gasteiger partial charge is 0.262 e. The molecule has 1 N–H and O–H groups in total. The molecular weight excluding hydrogens is 450 g/mol. The predicted molar refractivity (Wildman–Crippen MR) is 132 cm³/mol. The molecule has 0 spiro atoms. The first-order chi connectivity index (χ1) is 16.5. The number of anilines is 1. The topological polar surface area (TPSA) is 104 Å². The Hall–Kier alpha value is -4.17. The third-order valence-corrected chi connectivity index (χ3v) is 6.06. The Labute approximate surface area is 199 Å². The number of para-hydroxylation sites is 1. The molecule has 0 bridgehead atoms. The van der Waals surface area contributed by atoms with Crippen LogP contribution in [0, 0.1) is 0 Å². The number of aromatic nitrogens is 2. The summed E-state index contributed by atoms with van der Waals surface area (Å²) in [5.74, 6) is -1.63. The normalized spacial score (nSPS) is 10.7. The summed E-state index contributed by atoms with van der Waals surface area (Å²) in [6.07, 6.45) is 1.56. The average molecular weight is 471 g/mol. The molecule has 1 aromatic heterocycles. The fourth-order valence-corrected chi connectivity index (χ4v) is 4.31. The number of benzene rings is 3. The van der Waals surface area contributed by atoms with Crippen LogP contribution < -0.4 is 16.0 Å². The molecule has 0 radical (unpaired) electrons. The van der Waals surface area contributed by atoms with Crippen LogP contribution in [-0.2, 0) is 11.3 Å². The van der Waals surface area contributed by atoms with Gasteiger partial charge in [0.25, 0.3) is 5.56 Å². The van der Waals surface area contributed by atoms with E-state index in [0.717, 1.165) is 22.9 Å². The van der Waals surface area contributed by atoms with Crippen molar-refractivity contribution >= 4 is 40.2 Å². The minimum atomic E-state index is -1.36. The van der Waals surface area contributed by atoms with Gasteiger partial charge in [-0.3, -0.25) is 14.2 Å². The minimum absolute atomic E-state index is 0.00160. The van der Waals surface area contributed by atoms with Crippen molar-refractivity contribution in [3.63, 3.8) is 0 Å². The first-order valence-electron chi connectivity index (χ1n) is 10.4. The molecule has 0 saturated carbocycles. The summed E-state index contributed by atoms with van der Waals surface area (Å²) >= 11 is 1.09. The third-order valence-electron chi connectivity index (χ3n) is 5.09. The van der Waals surface area contributed by atoms with Gasteiger partial charge in [-0.05, 0) is 29.3 Å². The number of carbonyl (C=O) groups is 2.